The molecule has 0 aromatic heterocycles. The van der Waals surface area contributed by atoms with Crippen molar-refractivity contribution in [3.8, 4) is 11.5 Å². The van der Waals surface area contributed by atoms with Gasteiger partial charge in [0, 0.05) is 5.54 Å². The Morgan fingerprint density at radius 2 is 1.53 bits per heavy atom. The van der Waals surface area contributed by atoms with Gasteiger partial charge < -0.3 is 15.2 Å². The molecule has 0 bridgehead atoms. The SMILES string of the molecule is COc1cc(C(C)(C)N)cc(OC)c1F. The minimum absolute atomic E-state index is 0.142. The van der Waals surface area contributed by atoms with Crippen LogP contribution >= 0.6 is 0 Å². The zero-order valence-electron chi connectivity index (χ0n) is 9.43. The maximum absolute atomic E-state index is 13.6. The van der Waals surface area contributed by atoms with Crippen LogP contribution in [0.5, 0.6) is 11.5 Å². The number of rotatable bonds is 3. The molecule has 0 aliphatic carbocycles. The van der Waals surface area contributed by atoms with Crippen molar-refractivity contribution in [1.82, 2.24) is 0 Å². The van der Waals surface area contributed by atoms with Crippen LogP contribution in [0.25, 0.3) is 0 Å². The molecule has 1 aromatic rings. The fraction of sp³-hybridized carbons (Fsp3) is 0.455. The molecule has 1 rings (SSSR count). The van der Waals surface area contributed by atoms with Gasteiger partial charge in [0.15, 0.2) is 11.5 Å². The van der Waals surface area contributed by atoms with Crippen molar-refractivity contribution in [2.75, 3.05) is 14.2 Å². The minimum Gasteiger partial charge on any atom is -0.494 e. The van der Waals surface area contributed by atoms with Crippen LogP contribution in [0, 0.1) is 5.82 Å². The number of ether oxygens (including phenoxy) is 2. The van der Waals surface area contributed by atoms with Gasteiger partial charge in [0.1, 0.15) is 0 Å². The molecule has 0 spiro atoms. The number of hydrogen-bond acceptors (Lipinski definition) is 3. The summed E-state index contributed by atoms with van der Waals surface area (Å²) >= 11 is 0. The summed E-state index contributed by atoms with van der Waals surface area (Å²) in [4.78, 5) is 0. The quantitative estimate of drug-likeness (QED) is 0.835. The highest BCUT2D eigenvalue weighted by Gasteiger charge is 2.20. The zero-order valence-corrected chi connectivity index (χ0v) is 9.43. The highest BCUT2D eigenvalue weighted by Crippen LogP contribution is 2.32. The Bertz CT molecular complexity index is 333. The summed E-state index contributed by atoms with van der Waals surface area (Å²) in [6.45, 7) is 3.66. The van der Waals surface area contributed by atoms with Gasteiger partial charge >= 0.3 is 0 Å². The molecule has 0 fully saturated rings. The first kappa shape index (κ1) is 11.8. The lowest BCUT2D eigenvalue weighted by atomic mass is 9.95. The highest BCUT2D eigenvalue weighted by molar-refractivity contribution is 5.42. The van der Waals surface area contributed by atoms with Gasteiger partial charge in [-0.1, -0.05) is 0 Å². The molecule has 0 aliphatic rings. The van der Waals surface area contributed by atoms with Gasteiger partial charge in [0.2, 0.25) is 5.82 Å². The molecular formula is C11H16FNO2. The molecule has 84 valence electrons. The average Bonchev–Trinajstić information content (AvgIpc) is 2.16. The predicted octanol–water partition coefficient (Wildman–Crippen LogP) is 2.04. The van der Waals surface area contributed by atoms with Gasteiger partial charge in [-0.25, -0.2) is 0 Å². The van der Waals surface area contributed by atoms with Crippen LogP contribution in [0.15, 0.2) is 12.1 Å². The topological polar surface area (TPSA) is 44.5 Å². The molecule has 0 saturated heterocycles. The van der Waals surface area contributed by atoms with Crippen molar-refractivity contribution in [1.29, 1.82) is 0 Å². The standard InChI is InChI=1S/C11H16FNO2/c1-11(2,13)7-5-8(14-3)10(12)9(6-7)15-4/h5-6H,13H2,1-4H3. The largest absolute Gasteiger partial charge is 0.494 e. The monoisotopic (exact) mass is 213 g/mol. The van der Waals surface area contributed by atoms with Gasteiger partial charge in [0.05, 0.1) is 14.2 Å². The van der Waals surface area contributed by atoms with Crippen molar-refractivity contribution in [3.63, 3.8) is 0 Å². The van der Waals surface area contributed by atoms with E-state index < -0.39 is 11.4 Å². The molecule has 4 heteroatoms. The molecule has 1 aromatic carbocycles. The summed E-state index contributed by atoms with van der Waals surface area (Å²) in [6, 6.07) is 3.16. The van der Waals surface area contributed by atoms with E-state index in [1.165, 1.54) is 14.2 Å². The van der Waals surface area contributed by atoms with E-state index in [2.05, 4.69) is 0 Å². The maximum Gasteiger partial charge on any atom is 0.206 e. The predicted molar refractivity (Wildman–Crippen MR) is 56.7 cm³/mol. The first-order valence-corrected chi connectivity index (χ1v) is 4.61. The van der Waals surface area contributed by atoms with E-state index in [9.17, 15) is 4.39 Å². The summed E-state index contributed by atoms with van der Waals surface area (Å²) in [7, 11) is 2.82. The fourth-order valence-corrected chi connectivity index (χ4v) is 1.24. The van der Waals surface area contributed by atoms with E-state index in [4.69, 9.17) is 15.2 Å². The van der Waals surface area contributed by atoms with Crippen molar-refractivity contribution in [2.45, 2.75) is 19.4 Å². The maximum atomic E-state index is 13.6. The van der Waals surface area contributed by atoms with E-state index in [1.807, 2.05) is 13.8 Å². The average molecular weight is 213 g/mol. The molecule has 2 N–H and O–H groups in total. The van der Waals surface area contributed by atoms with Crippen LogP contribution in [-0.4, -0.2) is 14.2 Å². The second-order valence-electron chi connectivity index (χ2n) is 3.92. The Labute approximate surface area is 89.0 Å². The van der Waals surface area contributed by atoms with E-state index in [-0.39, 0.29) is 11.5 Å². The van der Waals surface area contributed by atoms with Crippen molar-refractivity contribution < 1.29 is 13.9 Å². The molecule has 0 atom stereocenters. The minimum atomic E-state index is -0.561. The van der Waals surface area contributed by atoms with Gasteiger partial charge in [-0.05, 0) is 31.5 Å². The van der Waals surface area contributed by atoms with Crippen molar-refractivity contribution in [3.05, 3.63) is 23.5 Å². The number of nitrogens with two attached hydrogens (primary N) is 1. The van der Waals surface area contributed by atoms with Gasteiger partial charge in [0.25, 0.3) is 0 Å². The number of benzene rings is 1. The van der Waals surface area contributed by atoms with E-state index in [0.717, 1.165) is 5.56 Å². The first-order chi connectivity index (χ1) is 6.90. The Morgan fingerprint density at radius 3 is 1.80 bits per heavy atom. The summed E-state index contributed by atoms with van der Waals surface area (Å²) in [5.41, 5.74) is 6.12. The molecule has 0 aliphatic heterocycles. The van der Waals surface area contributed by atoms with E-state index in [1.54, 1.807) is 12.1 Å². The van der Waals surface area contributed by atoms with Crippen LogP contribution in [0.1, 0.15) is 19.4 Å². The molecule has 0 heterocycles. The van der Waals surface area contributed by atoms with Crippen LogP contribution in [0.3, 0.4) is 0 Å². The zero-order chi connectivity index (χ0) is 11.6. The Kier molecular flexibility index (Phi) is 3.19. The van der Waals surface area contributed by atoms with E-state index >= 15 is 0 Å². The third kappa shape index (κ3) is 2.39. The molecule has 0 saturated carbocycles. The van der Waals surface area contributed by atoms with E-state index in [0.29, 0.717) is 0 Å². The summed E-state index contributed by atoms with van der Waals surface area (Å²) in [5.74, 6) is -0.223. The fourth-order valence-electron chi connectivity index (χ4n) is 1.24. The number of methoxy groups -OCH3 is 2. The lowest BCUT2D eigenvalue weighted by Crippen LogP contribution is -2.28. The first-order valence-electron chi connectivity index (χ1n) is 4.61. The third-order valence-corrected chi connectivity index (χ3v) is 2.19. The molecule has 0 radical (unpaired) electrons. The number of halogens is 1. The molecule has 0 amide bonds. The van der Waals surface area contributed by atoms with Crippen molar-refractivity contribution in [2.24, 2.45) is 5.73 Å². The van der Waals surface area contributed by atoms with Gasteiger partial charge in [-0.15, -0.1) is 0 Å². The van der Waals surface area contributed by atoms with Gasteiger partial charge in [-0.3, -0.25) is 0 Å². The lowest BCUT2D eigenvalue weighted by Gasteiger charge is -2.21. The van der Waals surface area contributed by atoms with Crippen LogP contribution in [-0.2, 0) is 5.54 Å². The molecule has 0 unspecified atom stereocenters. The van der Waals surface area contributed by atoms with Crippen LogP contribution in [0.4, 0.5) is 4.39 Å². The normalized spacial score (nSPS) is 11.3. The molecular weight excluding hydrogens is 197 g/mol. The second-order valence-corrected chi connectivity index (χ2v) is 3.92. The third-order valence-electron chi connectivity index (χ3n) is 2.19. The Balaban J connectivity index is 3.33. The Morgan fingerprint density at radius 1 is 1.13 bits per heavy atom. The number of hydrogen-bond donors (Lipinski definition) is 1. The van der Waals surface area contributed by atoms with Gasteiger partial charge in [-0.2, -0.15) is 4.39 Å². The van der Waals surface area contributed by atoms with Crippen molar-refractivity contribution >= 4 is 0 Å². The second kappa shape index (κ2) is 4.06. The summed E-state index contributed by atoms with van der Waals surface area (Å²) in [6.07, 6.45) is 0. The lowest BCUT2D eigenvalue weighted by molar-refractivity contribution is 0.347. The summed E-state index contributed by atoms with van der Waals surface area (Å²) in [5, 5.41) is 0. The van der Waals surface area contributed by atoms with Crippen LogP contribution < -0.4 is 15.2 Å². The Hall–Kier alpha value is -1.29. The smallest absolute Gasteiger partial charge is 0.206 e. The van der Waals surface area contributed by atoms with Crippen LogP contribution in [0.2, 0.25) is 0 Å². The highest BCUT2D eigenvalue weighted by atomic mass is 19.1. The molecule has 15 heavy (non-hydrogen) atoms. The summed E-state index contributed by atoms with van der Waals surface area (Å²) < 4.78 is 23.4. The molecule has 3 nitrogen and oxygen atoms in total.